The van der Waals surface area contributed by atoms with Gasteiger partial charge in [0.2, 0.25) is 0 Å². The number of fused-ring (bicyclic) bond motifs is 2. The molecule has 7 bridgehead atoms. The number of methoxy groups -OCH3 is 2. The smallest absolute Gasteiger partial charge is 0.0771 e. The van der Waals surface area contributed by atoms with Gasteiger partial charge in [-0.1, -0.05) is 6.92 Å². The van der Waals surface area contributed by atoms with Crippen LogP contribution in [0.5, 0.6) is 0 Å². The molecule has 0 aromatic carbocycles. The van der Waals surface area contributed by atoms with Gasteiger partial charge in [-0.05, 0) is 44.1 Å². The van der Waals surface area contributed by atoms with Gasteiger partial charge < -0.3 is 24.8 Å². The Labute approximate surface area is 173 Å². The summed E-state index contributed by atoms with van der Waals surface area (Å²) in [6.45, 7) is 4.88. The van der Waals surface area contributed by atoms with E-state index in [-0.39, 0.29) is 52.8 Å². The third-order valence-corrected chi connectivity index (χ3v) is 10.9. The second-order valence-electron chi connectivity index (χ2n) is 11.2. The van der Waals surface area contributed by atoms with Crippen LogP contribution in [0.4, 0.5) is 0 Å². The van der Waals surface area contributed by atoms with E-state index in [0.717, 1.165) is 45.4 Å². The third-order valence-electron chi connectivity index (χ3n) is 10.9. The van der Waals surface area contributed by atoms with Gasteiger partial charge in [-0.25, -0.2) is 0 Å². The first-order valence-electron chi connectivity index (χ1n) is 11.7. The molecule has 5 aliphatic carbocycles. The molecule has 6 heteroatoms. The lowest BCUT2D eigenvalue weighted by molar-refractivity contribution is -0.272. The average molecular weight is 408 g/mol. The first kappa shape index (κ1) is 19.4. The van der Waals surface area contributed by atoms with Crippen LogP contribution in [-0.4, -0.2) is 84.1 Å². The van der Waals surface area contributed by atoms with Crippen molar-refractivity contribution < 1.29 is 24.8 Å². The maximum absolute atomic E-state index is 12.2. The van der Waals surface area contributed by atoms with Gasteiger partial charge in [0, 0.05) is 61.8 Å². The molecule has 164 valence electrons. The van der Waals surface area contributed by atoms with Crippen molar-refractivity contribution in [3.8, 4) is 0 Å². The average Bonchev–Trinajstić information content (AvgIpc) is 3.13. The zero-order valence-corrected chi connectivity index (χ0v) is 18.0. The number of aliphatic hydroxyl groups excluding tert-OH is 2. The van der Waals surface area contributed by atoms with Crippen molar-refractivity contribution in [3.63, 3.8) is 0 Å². The Bertz CT molecular complexity index is 705. The van der Waals surface area contributed by atoms with Gasteiger partial charge in [0.1, 0.15) is 0 Å². The lowest BCUT2D eigenvalue weighted by atomic mass is 9.43. The van der Waals surface area contributed by atoms with Crippen molar-refractivity contribution in [1.29, 1.82) is 0 Å². The fourth-order valence-electron chi connectivity index (χ4n) is 10.4. The second kappa shape index (κ2) is 5.96. The summed E-state index contributed by atoms with van der Waals surface area (Å²) in [4.78, 5) is 2.57. The van der Waals surface area contributed by atoms with Crippen LogP contribution in [0.3, 0.4) is 0 Å². The molecule has 0 aromatic rings. The molecule has 29 heavy (non-hydrogen) atoms. The molecular weight excluding hydrogens is 370 g/mol. The number of nitrogens with zero attached hydrogens (tertiary/aromatic N) is 1. The quantitative estimate of drug-likeness (QED) is 0.642. The van der Waals surface area contributed by atoms with Crippen LogP contribution in [0.25, 0.3) is 0 Å². The Morgan fingerprint density at radius 3 is 2.62 bits per heavy atom. The van der Waals surface area contributed by atoms with Gasteiger partial charge in [0.15, 0.2) is 0 Å². The summed E-state index contributed by atoms with van der Waals surface area (Å²) >= 11 is 0. The second-order valence-corrected chi connectivity index (χ2v) is 11.2. The van der Waals surface area contributed by atoms with Crippen molar-refractivity contribution in [2.75, 3.05) is 33.9 Å². The van der Waals surface area contributed by atoms with Crippen LogP contribution in [0.15, 0.2) is 0 Å². The van der Waals surface area contributed by atoms with Crippen molar-refractivity contribution in [3.05, 3.63) is 0 Å². The third kappa shape index (κ3) is 1.93. The molecule has 1 aliphatic heterocycles. The number of ether oxygens (including phenoxy) is 2. The van der Waals surface area contributed by atoms with Crippen LogP contribution in [0.2, 0.25) is 0 Å². The van der Waals surface area contributed by atoms with Crippen molar-refractivity contribution in [1.82, 2.24) is 4.90 Å². The topological polar surface area (TPSA) is 82.4 Å². The number of aliphatic hydroxyl groups is 3. The Morgan fingerprint density at radius 2 is 1.93 bits per heavy atom. The van der Waals surface area contributed by atoms with E-state index in [4.69, 9.17) is 9.47 Å². The summed E-state index contributed by atoms with van der Waals surface area (Å²) in [5, 5.41) is 35.2. The maximum Gasteiger partial charge on any atom is 0.0771 e. The highest BCUT2D eigenvalue weighted by atomic mass is 16.5. The van der Waals surface area contributed by atoms with Crippen molar-refractivity contribution in [2.24, 2.45) is 40.4 Å². The molecule has 1 heterocycles. The molecule has 1 spiro atoms. The molecule has 0 aromatic heterocycles. The fraction of sp³-hybridized carbons (Fsp3) is 1.00. The minimum atomic E-state index is -0.901. The molecule has 0 radical (unpaired) electrons. The highest BCUT2D eigenvalue weighted by Gasteiger charge is 2.83. The Kier molecular flexibility index (Phi) is 4.00. The summed E-state index contributed by atoms with van der Waals surface area (Å²) in [6, 6.07) is 0.200. The summed E-state index contributed by atoms with van der Waals surface area (Å²) in [5.41, 5.74) is -1.08. The number of hydrogen-bond donors (Lipinski definition) is 3. The number of piperidine rings is 1. The Hall–Kier alpha value is -0.240. The Balaban J connectivity index is 1.57. The molecular formula is C23H37NO5. The van der Waals surface area contributed by atoms with Crippen molar-refractivity contribution in [2.45, 2.75) is 69.0 Å². The van der Waals surface area contributed by atoms with Gasteiger partial charge in [0.05, 0.1) is 30.5 Å². The normalized spacial score (nSPS) is 62.5. The lowest BCUT2D eigenvalue weighted by Crippen LogP contribution is -2.76. The van der Waals surface area contributed by atoms with Gasteiger partial charge in [-0.2, -0.15) is 0 Å². The Morgan fingerprint density at radius 1 is 1.14 bits per heavy atom. The monoisotopic (exact) mass is 407 g/mol. The predicted octanol–water partition coefficient (Wildman–Crippen LogP) is 0.877. The zero-order valence-electron chi connectivity index (χ0n) is 18.0. The highest BCUT2D eigenvalue weighted by molar-refractivity contribution is 5.33. The van der Waals surface area contributed by atoms with Gasteiger partial charge in [-0.3, -0.25) is 4.90 Å². The zero-order chi connectivity index (χ0) is 20.3. The van der Waals surface area contributed by atoms with Crippen LogP contribution in [0, 0.1) is 40.4 Å². The van der Waals surface area contributed by atoms with Crippen LogP contribution < -0.4 is 0 Å². The molecule has 6 rings (SSSR count). The lowest BCUT2D eigenvalue weighted by Gasteiger charge is -2.69. The molecule has 5 saturated carbocycles. The molecule has 6 nitrogen and oxygen atoms in total. The summed E-state index contributed by atoms with van der Waals surface area (Å²) in [7, 11) is 3.52. The molecule has 6 aliphatic rings. The SMILES string of the molecule is CCN1C[C@]2(COC)CC[C@@H](O)[C@]34C1[C@H](C[C@H]23)[C@@]1(O)C[C@H](OC)[C@H]2C[C@@H]4[C@@H]1[C@H]2O. The van der Waals surface area contributed by atoms with E-state index >= 15 is 0 Å². The van der Waals surface area contributed by atoms with E-state index in [1.807, 2.05) is 0 Å². The fourth-order valence-corrected chi connectivity index (χ4v) is 10.4. The molecule has 1 unspecified atom stereocenters. The summed E-state index contributed by atoms with van der Waals surface area (Å²) in [5.74, 6) is 0.553. The van der Waals surface area contributed by atoms with E-state index in [1.165, 1.54) is 0 Å². The molecule has 6 fully saturated rings. The van der Waals surface area contributed by atoms with Crippen LogP contribution in [0.1, 0.15) is 39.0 Å². The van der Waals surface area contributed by atoms with E-state index in [1.54, 1.807) is 14.2 Å². The maximum atomic E-state index is 12.2. The molecule has 0 amide bonds. The van der Waals surface area contributed by atoms with E-state index in [9.17, 15) is 15.3 Å². The molecule has 3 N–H and O–H groups in total. The van der Waals surface area contributed by atoms with Crippen LogP contribution >= 0.6 is 0 Å². The predicted molar refractivity (Wildman–Crippen MR) is 106 cm³/mol. The molecule has 12 atom stereocenters. The standard InChI is InChI=1S/C23H37NO5/c1-4-24-10-21(11-28-2)6-5-17(25)23-13-7-12-15(29-3)9-22(27,18(13)19(12)26)14(20(23)24)8-16(21)23/h12-20,25-27H,4-11H2,1-3H3/t12-,13-,14+,15+,16-,17-,18-,19+,20?,21+,22+,23-/m1/s1. The summed E-state index contributed by atoms with van der Waals surface area (Å²) in [6.07, 6.45) is 3.27. The minimum Gasteiger partial charge on any atom is -0.392 e. The minimum absolute atomic E-state index is 0.0495. The summed E-state index contributed by atoms with van der Waals surface area (Å²) < 4.78 is 11.6. The van der Waals surface area contributed by atoms with Crippen LogP contribution in [-0.2, 0) is 9.47 Å². The van der Waals surface area contributed by atoms with E-state index in [2.05, 4.69) is 11.8 Å². The van der Waals surface area contributed by atoms with E-state index in [0.29, 0.717) is 12.3 Å². The molecule has 1 saturated heterocycles. The first-order chi connectivity index (χ1) is 13.9. The van der Waals surface area contributed by atoms with Gasteiger partial charge in [-0.15, -0.1) is 0 Å². The number of rotatable bonds is 4. The number of likely N-dealkylation sites (tertiary alicyclic amines) is 1. The van der Waals surface area contributed by atoms with E-state index < -0.39 is 11.7 Å². The largest absolute Gasteiger partial charge is 0.392 e. The van der Waals surface area contributed by atoms with Crippen molar-refractivity contribution >= 4 is 0 Å². The van der Waals surface area contributed by atoms with Gasteiger partial charge >= 0.3 is 0 Å². The highest BCUT2D eigenvalue weighted by Crippen LogP contribution is 2.78. The van der Waals surface area contributed by atoms with Gasteiger partial charge in [0.25, 0.3) is 0 Å². The number of hydrogen-bond acceptors (Lipinski definition) is 6. The first-order valence-corrected chi connectivity index (χ1v) is 11.7.